The number of hydrogen-bond acceptors (Lipinski definition) is 6. The SMILES string of the molecule is COC(=O)c1ccc(C=C(CN)B2OC(C)(C)C(C)(C)O2)cn1. The summed E-state index contributed by atoms with van der Waals surface area (Å²) in [5.74, 6) is -0.467. The van der Waals surface area contributed by atoms with Gasteiger partial charge in [0.25, 0.3) is 0 Å². The van der Waals surface area contributed by atoms with Gasteiger partial charge in [-0.05, 0) is 44.8 Å². The van der Waals surface area contributed by atoms with Crippen LogP contribution in [0, 0.1) is 0 Å². The Kier molecular flexibility index (Phi) is 4.94. The fourth-order valence-electron chi connectivity index (χ4n) is 2.15. The maximum atomic E-state index is 11.4. The summed E-state index contributed by atoms with van der Waals surface area (Å²) in [7, 11) is 0.827. The molecular weight excluding hydrogens is 295 g/mol. The van der Waals surface area contributed by atoms with E-state index in [9.17, 15) is 4.79 Å². The number of esters is 1. The third-order valence-electron chi connectivity index (χ3n) is 4.32. The number of nitrogens with two attached hydrogens (primary N) is 1. The molecule has 1 aliphatic rings. The number of pyridine rings is 1. The topological polar surface area (TPSA) is 83.7 Å². The molecule has 124 valence electrons. The van der Waals surface area contributed by atoms with Gasteiger partial charge in [0.2, 0.25) is 0 Å². The van der Waals surface area contributed by atoms with E-state index in [1.807, 2.05) is 33.8 Å². The fourth-order valence-corrected chi connectivity index (χ4v) is 2.15. The molecule has 2 rings (SSSR count). The van der Waals surface area contributed by atoms with Gasteiger partial charge in [-0.2, -0.15) is 0 Å². The molecule has 0 radical (unpaired) electrons. The number of nitrogens with zero attached hydrogens (tertiary/aromatic N) is 1. The van der Waals surface area contributed by atoms with Crippen molar-refractivity contribution in [3.8, 4) is 0 Å². The number of rotatable bonds is 4. The number of aromatic nitrogens is 1. The fraction of sp³-hybridized carbons (Fsp3) is 0.500. The van der Waals surface area contributed by atoms with Crippen LogP contribution in [0.25, 0.3) is 6.08 Å². The first-order valence-electron chi connectivity index (χ1n) is 7.51. The average Bonchev–Trinajstić information content (AvgIpc) is 2.72. The van der Waals surface area contributed by atoms with Crippen LogP contribution < -0.4 is 5.73 Å². The van der Waals surface area contributed by atoms with Gasteiger partial charge in [-0.25, -0.2) is 9.78 Å². The van der Waals surface area contributed by atoms with E-state index < -0.39 is 24.3 Å². The van der Waals surface area contributed by atoms with Crippen LogP contribution in [0.3, 0.4) is 0 Å². The molecule has 0 atom stereocenters. The molecule has 0 spiro atoms. The first-order chi connectivity index (χ1) is 10.7. The summed E-state index contributed by atoms with van der Waals surface area (Å²) in [6.07, 6.45) is 3.46. The largest absolute Gasteiger partial charge is 0.491 e. The van der Waals surface area contributed by atoms with E-state index in [1.165, 1.54) is 7.11 Å². The summed E-state index contributed by atoms with van der Waals surface area (Å²) >= 11 is 0. The predicted molar refractivity (Wildman–Crippen MR) is 88.7 cm³/mol. The van der Waals surface area contributed by atoms with Crippen molar-refractivity contribution in [3.63, 3.8) is 0 Å². The molecule has 0 amide bonds. The lowest BCUT2D eigenvalue weighted by molar-refractivity contribution is 0.00578. The molecule has 0 aliphatic carbocycles. The molecule has 0 saturated carbocycles. The van der Waals surface area contributed by atoms with Gasteiger partial charge in [0, 0.05) is 12.7 Å². The molecule has 1 aromatic heterocycles. The van der Waals surface area contributed by atoms with Gasteiger partial charge < -0.3 is 19.8 Å². The molecule has 6 nitrogen and oxygen atoms in total. The summed E-state index contributed by atoms with van der Waals surface area (Å²) in [5, 5.41) is 0. The number of carbonyl (C=O) groups excluding carboxylic acids is 1. The molecule has 0 aromatic carbocycles. The van der Waals surface area contributed by atoms with Crippen LogP contribution in [0.15, 0.2) is 23.8 Å². The second kappa shape index (κ2) is 6.43. The van der Waals surface area contributed by atoms with Crippen LogP contribution >= 0.6 is 0 Å². The normalized spacial score (nSPS) is 19.7. The van der Waals surface area contributed by atoms with E-state index in [0.29, 0.717) is 6.54 Å². The number of ether oxygens (including phenoxy) is 1. The van der Waals surface area contributed by atoms with E-state index in [4.69, 9.17) is 15.0 Å². The third-order valence-corrected chi connectivity index (χ3v) is 4.32. The van der Waals surface area contributed by atoms with E-state index in [1.54, 1.807) is 18.3 Å². The summed E-state index contributed by atoms with van der Waals surface area (Å²) < 4.78 is 16.6. The minimum Gasteiger partial charge on any atom is -0.464 e. The quantitative estimate of drug-likeness (QED) is 0.674. The summed E-state index contributed by atoms with van der Waals surface area (Å²) in [6.45, 7) is 8.28. The van der Waals surface area contributed by atoms with E-state index in [0.717, 1.165) is 11.0 Å². The second-order valence-corrected chi connectivity index (χ2v) is 6.48. The number of carbonyl (C=O) groups is 1. The van der Waals surface area contributed by atoms with Crippen LogP contribution in [0.5, 0.6) is 0 Å². The van der Waals surface area contributed by atoms with Gasteiger partial charge in [-0.1, -0.05) is 12.1 Å². The van der Waals surface area contributed by atoms with Gasteiger partial charge in [-0.15, -0.1) is 0 Å². The van der Waals surface area contributed by atoms with Crippen molar-refractivity contribution in [1.82, 2.24) is 4.98 Å². The Labute approximate surface area is 137 Å². The van der Waals surface area contributed by atoms with E-state index >= 15 is 0 Å². The highest BCUT2D eigenvalue weighted by Gasteiger charge is 2.52. The number of hydrogen-bond donors (Lipinski definition) is 1. The van der Waals surface area contributed by atoms with Gasteiger partial charge >= 0.3 is 13.1 Å². The molecular formula is C16H23BN2O4. The van der Waals surface area contributed by atoms with Crippen molar-refractivity contribution < 1.29 is 18.8 Å². The Morgan fingerprint density at radius 3 is 2.35 bits per heavy atom. The molecule has 7 heteroatoms. The van der Waals surface area contributed by atoms with Crippen LogP contribution in [0.4, 0.5) is 0 Å². The molecule has 0 bridgehead atoms. The Bertz CT molecular complexity index is 595. The minimum absolute atomic E-state index is 0.259. The van der Waals surface area contributed by atoms with Gasteiger partial charge in [0.05, 0.1) is 18.3 Å². The predicted octanol–water partition coefficient (Wildman–Crippen LogP) is 1.84. The molecule has 0 unspecified atom stereocenters. The lowest BCUT2D eigenvalue weighted by Crippen LogP contribution is -2.41. The minimum atomic E-state index is -0.495. The highest BCUT2D eigenvalue weighted by Crippen LogP contribution is 2.38. The molecule has 1 aromatic rings. The monoisotopic (exact) mass is 318 g/mol. The Morgan fingerprint density at radius 2 is 1.91 bits per heavy atom. The molecule has 1 saturated heterocycles. The zero-order valence-corrected chi connectivity index (χ0v) is 14.3. The van der Waals surface area contributed by atoms with Crippen molar-refractivity contribution in [2.24, 2.45) is 5.73 Å². The van der Waals surface area contributed by atoms with E-state index in [-0.39, 0.29) is 5.69 Å². The average molecular weight is 318 g/mol. The zero-order chi connectivity index (χ0) is 17.3. The zero-order valence-electron chi connectivity index (χ0n) is 14.3. The van der Waals surface area contributed by atoms with Crippen molar-refractivity contribution in [3.05, 3.63) is 35.1 Å². The first kappa shape index (κ1) is 17.7. The van der Waals surface area contributed by atoms with Crippen molar-refractivity contribution >= 4 is 19.2 Å². The van der Waals surface area contributed by atoms with E-state index in [2.05, 4.69) is 9.72 Å². The Hall–Kier alpha value is -1.70. The smallest absolute Gasteiger partial charge is 0.464 e. The van der Waals surface area contributed by atoms with Gasteiger partial charge in [0.1, 0.15) is 5.69 Å². The standard InChI is InChI=1S/C16H23BN2O4/c1-15(2)16(3,4)23-17(22-15)12(9-18)8-11-6-7-13(19-10-11)14(20)21-5/h6-8,10H,9,18H2,1-5H3. The van der Waals surface area contributed by atoms with Gasteiger partial charge in [-0.3, -0.25) is 0 Å². The Balaban J connectivity index is 2.21. The van der Waals surface area contributed by atoms with Crippen molar-refractivity contribution in [1.29, 1.82) is 0 Å². The number of methoxy groups -OCH3 is 1. The first-order valence-corrected chi connectivity index (χ1v) is 7.51. The maximum Gasteiger partial charge on any atom is 0.491 e. The lowest BCUT2D eigenvalue weighted by atomic mass is 9.77. The summed E-state index contributed by atoms with van der Waals surface area (Å²) in [6, 6.07) is 3.39. The highest BCUT2D eigenvalue weighted by atomic mass is 16.7. The Morgan fingerprint density at radius 1 is 1.30 bits per heavy atom. The molecule has 1 fully saturated rings. The summed E-state index contributed by atoms with van der Waals surface area (Å²) in [5.41, 5.74) is 6.91. The van der Waals surface area contributed by atoms with Crippen LogP contribution in [-0.4, -0.2) is 42.9 Å². The molecule has 2 heterocycles. The van der Waals surface area contributed by atoms with Crippen molar-refractivity contribution in [2.45, 2.75) is 38.9 Å². The van der Waals surface area contributed by atoms with Crippen LogP contribution in [0.1, 0.15) is 43.7 Å². The molecule has 23 heavy (non-hydrogen) atoms. The second-order valence-electron chi connectivity index (χ2n) is 6.48. The lowest BCUT2D eigenvalue weighted by Gasteiger charge is -2.32. The summed E-state index contributed by atoms with van der Waals surface area (Å²) in [4.78, 5) is 15.5. The van der Waals surface area contributed by atoms with Crippen LogP contribution in [0.2, 0.25) is 0 Å². The molecule has 1 aliphatic heterocycles. The molecule has 2 N–H and O–H groups in total. The van der Waals surface area contributed by atoms with Crippen LogP contribution in [-0.2, 0) is 14.0 Å². The maximum absolute atomic E-state index is 11.4. The highest BCUT2D eigenvalue weighted by molar-refractivity contribution is 6.55. The van der Waals surface area contributed by atoms with Gasteiger partial charge in [0.15, 0.2) is 0 Å². The van der Waals surface area contributed by atoms with Crippen molar-refractivity contribution in [2.75, 3.05) is 13.7 Å². The third kappa shape index (κ3) is 3.63.